The maximum absolute atomic E-state index is 13.0. The first-order valence-electron chi connectivity index (χ1n) is 6.53. The van der Waals surface area contributed by atoms with Crippen molar-refractivity contribution >= 4 is 16.7 Å². The molecular weight excluding hydrogens is 299 g/mol. The van der Waals surface area contributed by atoms with Crippen LogP contribution in [0.25, 0.3) is 10.9 Å². The van der Waals surface area contributed by atoms with Crippen molar-refractivity contribution in [2.75, 3.05) is 19.5 Å². The summed E-state index contributed by atoms with van der Waals surface area (Å²) < 4.78 is 49.1. The lowest BCUT2D eigenvalue weighted by atomic mass is 10.2. The molecule has 0 atom stereocenters. The molecule has 0 fully saturated rings. The summed E-state index contributed by atoms with van der Waals surface area (Å²) in [5, 5.41) is 3.33. The Labute approximate surface area is 125 Å². The Balaban J connectivity index is 2.75. The number of hydrogen-bond donors (Lipinski definition) is 1. The Morgan fingerprint density at radius 1 is 1.05 bits per heavy atom. The van der Waals surface area contributed by atoms with Gasteiger partial charge in [-0.1, -0.05) is 0 Å². The van der Waals surface area contributed by atoms with Gasteiger partial charge in [-0.15, -0.1) is 0 Å². The van der Waals surface area contributed by atoms with Crippen LogP contribution in [0, 0.1) is 0 Å². The maximum Gasteiger partial charge on any atom is 0.451 e. The smallest absolute Gasteiger partial charge is 0.451 e. The van der Waals surface area contributed by atoms with Crippen LogP contribution in [0.3, 0.4) is 0 Å². The summed E-state index contributed by atoms with van der Waals surface area (Å²) in [6.07, 6.45) is -4.63. The van der Waals surface area contributed by atoms with E-state index in [4.69, 9.17) is 9.47 Å². The summed E-state index contributed by atoms with van der Waals surface area (Å²) in [4.78, 5) is 7.19. The fraction of sp³-hybridized carbons (Fsp3) is 0.429. The lowest BCUT2D eigenvalue weighted by molar-refractivity contribution is -0.144. The van der Waals surface area contributed by atoms with Crippen LogP contribution in [-0.4, -0.2) is 30.2 Å². The third-order valence-corrected chi connectivity index (χ3v) is 2.88. The standard InChI is InChI=1S/C14H16F3N3O2/c1-7(2)18-12-8-5-10(21-3)11(22-4)6-9(8)19-13(20-12)14(15,16)17/h5-7H,1-4H3,(H,18,19,20). The van der Waals surface area contributed by atoms with Crippen LogP contribution in [0.15, 0.2) is 12.1 Å². The van der Waals surface area contributed by atoms with Gasteiger partial charge in [-0.3, -0.25) is 0 Å². The fourth-order valence-corrected chi connectivity index (χ4v) is 1.97. The largest absolute Gasteiger partial charge is 0.493 e. The molecule has 2 rings (SSSR count). The number of ether oxygens (including phenoxy) is 2. The number of benzene rings is 1. The molecule has 0 radical (unpaired) electrons. The number of rotatable bonds is 4. The number of alkyl halides is 3. The molecule has 22 heavy (non-hydrogen) atoms. The number of nitrogens with zero attached hydrogens (tertiary/aromatic N) is 2. The van der Waals surface area contributed by atoms with Crippen molar-refractivity contribution in [1.82, 2.24) is 9.97 Å². The second kappa shape index (κ2) is 5.86. The molecule has 0 amide bonds. The molecule has 1 aromatic carbocycles. The lowest BCUT2D eigenvalue weighted by Gasteiger charge is -2.16. The highest BCUT2D eigenvalue weighted by Gasteiger charge is 2.35. The van der Waals surface area contributed by atoms with Gasteiger partial charge >= 0.3 is 6.18 Å². The van der Waals surface area contributed by atoms with Crippen molar-refractivity contribution < 1.29 is 22.6 Å². The van der Waals surface area contributed by atoms with Crippen LogP contribution < -0.4 is 14.8 Å². The van der Waals surface area contributed by atoms with Gasteiger partial charge in [0.1, 0.15) is 5.82 Å². The van der Waals surface area contributed by atoms with Crippen LogP contribution in [0.2, 0.25) is 0 Å². The molecule has 0 spiro atoms. The zero-order valence-electron chi connectivity index (χ0n) is 12.6. The molecule has 0 saturated carbocycles. The summed E-state index contributed by atoms with van der Waals surface area (Å²) >= 11 is 0. The molecule has 0 aliphatic rings. The van der Waals surface area contributed by atoms with E-state index in [2.05, 4.69) is 15.3 Å². The maximum atomic E-state index is 13.0. The Bertz CT molecular complexity index is 687. The minimum absolute atomic E-state index is 0.0905. The second-order valence-corrected chi connectivity index (χ2v) is 4.92. The lowest BCUT2D eigenvalue weighted by Crippen LogP contribution is -2.17. The highest BCUT2D eigenvalue weighted by atomic mass is 19.4. The van der Waals surface area contributed by atoms with Crippen LogP contribution in [0.5, 0.6) is 11.5 Å². The van der Waals surface area contributed by atoms with Crippen LogP contribution >= 0.6 is 0 Å². The van der Waals surface area contributed by atoms with E-state index in [0.717, 1.165) is 0 Å². The van der Waals surface area contributed by atoms with E-state index in [9.17, 15) is 13.2 Å². The first-order valence-corrected chi connectivity index (χ1v) is 6.53. The second-order valence-electron chi connectivity index (χ2n) is 4.92. The van der Waals surface area contributed by atoms with Gasteiger partial charge in [-0.05, 0) is 19.9 Å². The van der Waals surface area contributed by atoms with Gasteiger partial charge in [0.25, 0.3) is 0 Å². The van der Waals surface area contributed by atoms with Gasteiger partial charge in [0.15, 0.2) is 11.5 Å². The Kier molecular flexibility index (Phi) is 4.30. The normalized spacial score (nSPS) is 11.8. The number of nitrogens with one attached hydrogen (secondary N) is 1. The fourth-order valence-electron chi connectivity index (χ4n) is 1.97. The molecule has 8 heteroatoms. The number of halogens is 3. The van der Waals surface area contributed by atoms with E-state index < -0.39 is 12.0 Å². The van der Waals surface area contributed by atoms with Crippen molar-refractivity contribution in [2.24, 2.45) is 0 Å². The molecule has 1 N–H and O–H groups in total. The van der Waals surface area contributed by atoms with Crippen molar-refractivity contribution in [1.29, 1.82) is 0 Å². The van der Waals surface area contributed by atoms with Crippen LogP contribution in [0.4, 0.5) is 19.0 Å². The summed E-state index contributed by atoms with van der Waals surface area (Å²) in [7, 11) is 2.85. The van der Waals surface area contributed by atoms with Crippen molar-refractivity contribution in [3.8, 4) is 11.5 Å². The molecule has 0 aliphatic carbocycles. The monoisotopic (exact) mass is 315 g/mol. The Hall–Kier alpha value is -2.25. The number of aromatic nitrogens is 2. The van der Waals surface area contributed by atoms with Gasteiger partial charge in [0.2, 0.25) is 5.82 Å². The van der Waals surface area contributed by atoms with Gasteiger partial charge < -0.3 is 14.8 Å². The average Bonchev–Trinajstić information content (AvgIpc) is 2.44. The number of methoxy groups -OCH3 is 2. The highest BCUT2D eigenvalue weighted by molar-refractivity contribution is 5.92. The predicted octanol–water partition coefficient (Wildman–Crippen LogP) is 3.49. The summed E-state index contributed by atoms with van der Waals surface area (Å²) in [5.74, 6) is -0.397. The summed E-state index contributed by atoms with van der Waals surface area (Å²) in [5.41, 5.74) is 0.128. The molecule has 5 nitrogen and oxygen atoms in total. The average molecular weight is 315 g/mol. The van der Waals surface area contributed by atoms with E-state index in [1.165, 1.54) is 20.3 Å². The van der Waals surface area contributed by atoms with Crippen LogP contribution in [0.1, 0.15) is 19.7 Å². The molecule has 0 unspecified atom stereocenters. The quantitative estimate of drug-likeness (QED) is 0.936. The third-order valence-electron chi connectivity index (χ3n) is 2.88. The first kappa shape index (κ1) is 16.1. The summed E-state index contributed by atoms with van der Waals surface area (Å²) in [6.45, 7) is 3.61. The molecule has 2 aromatic rings. The zero-order valence-corrected chi connectivity index (χ0v) is 12.6. The first-order chi connectivity index (χ1) is 10.3. The Morgan fingerprint density at radius 3 is 2.14 bits per heavy atom. The highest BCUT2D eigenvalue weighted by Crippen LogP contribution is 2.36. The minimum atomic E-state index is -4.63. The van der Waals surface area contributed by atoms with Crippen LogP contribution in [-0.2, 0) is 6.18 Å². The zero-order chi connectivity index (χ0) is 16.5. The van der Waals surface area contributed by atoms with Crippen molar-refractivity contribution in [2.45, 2.75) is 26.1 Å². The molecule has 0 aliphatic heterocycles. The van der Waals surface area contributed by atoms with E-state index in [0.29, 0.717) is 16.9 Å². The number of anilines is 1. The van der Waals surface area contributed by atoms with Gasteiger partial charge in [0, 0.05) is 17.5 Å². The van der Waals surface area contributed by atoms with Gasteiger partial charge in [-0.25, -0.2) is 9.97 Å². The van der Waals surface area contributed by atoms with Gasteiger partial charge in [0.05, 0.1) is 19.7 Å². The molecule has 0 bridgehead atoms. The van der Waals surface area contributed by atoms with E-state index in [-0.39, 0.29) is 17.4 Å². The molecule has 1 heterocycles. The van der Waals surface area contributed by atoms with Gasteiger partial charge in [-0.2, -0.15) is 13.2 Å². The molecule has 120 valence electrons. The van der Waals surface area contributed by atoms with E-state index >= 15 is 0 Å². The topological polar surface area (TPSA) is 56.3 Å². The molecule has 0 saturated heterocycles. The minimum Gasteiger partial charge on any atom is -0.493 e. The number of hydrogen-bond acceptors (Lipinski definition) is 5. The Morgan fingerprint density at radius 2 is 1.64 bits per heavy atom. The molecular formula is C14H16F3N3O2. The molecule has 1 aromatic heterocycles. The van der Waals surface area contributed by atoms with Crippen molar-refractivity contribution in [3.63, 3.8) is 0 Å². The third kappa shape index (κ3) is 3.15. The van der Waals surface area contributed by atoms with E-state index in [1.54, 1.807) is 6.07 Å². The predicted molar refractivity (Wildman–Crippen MR) is 76.4 cm³/mol. The SMILES string of the molecule is COc1cc2nc(C(F)(F)F)nc(NC(C)C)c2cc1OC. The van der Waals surface area contributed by atoms with E-state index in [1.807, 2.05) is 13.8 Å². The number of fused-ring (bicyclic) bond motifs is 1. The van der Waals surface area contributed by atoms with Crippen molar-refractivity contribution in [3.05, 3.63) is 18.0 Å². The summed E-state index contributed by atoms with van der Waals surface area (Å²) in [6, 6.07) is 2.86.